The number of nitrogens with zero attached hydrogens (tertiary/aromatic N) is 1. The Morgan fingerprint density at radius 3 is 2.65 bits per heavy atom. The molecule has 0 spiro atoms. The molecule has 1 N–H and O–H groups in total. The molecule has 2 aromatic rings. The van der Waals surface area contributed by atoms with Crippen molar-refractivity contribution in [1.29, 1.82) is 0 Å². The van der Waals surface area contributed by atoms with Crippen molar-refractivity contribution in [3.63, 3.8) is 0 Å². The summed E-state index contributed by atoms with van der Waals surface area (Å²) in [6, 6.07) is 8.79. The Hall–Kier alpha value is -1.45. The van der Waals surface area contributed by atoms with Crippen molar-refractivity contribution in [3.05, 3.63) is 62.5 Å². The fourth-order valence-electron chi connectivity index (χ4n) is 2.04. The maximum Gasteiger partial charge on any atom is 0.250 e. The summed E-state index contributed by atoms with van der Waals surface area (Å²) in [5.74, 6) is 0. The summed E-state index contributed by atoms with van der Waals surface area (Å²) in [4.78, 5) is 11.5. The van der Waals surface area contributed by atoms with Crippen LogP contribution >= 0.6 is 23.2 Å². The quantitative estimate of drug-likeness (QED) is 0.911. The molecule has 3 nitrogen and oxygen atoms in total. The molecule has 106 valence electrons. The van der Waals surface area contributed by atoms with Crippen LogP contribution in [0.5, 0.6) is 0 Å². The third-order valence-electron chi connectivity index (χ3n) is 3.14. The van der Waals surface area contributed by atoms with Gasteiger partial charge >= 0.3 is 0 Å². The Morgan fingerprint density at radius 2 is 2.00 bits per heavy atom. The molecule has 0 amide bonds. The van der Waals surface area contributed by atoms with Crippen LogP contribution in [0.25, 0.3) is 0 Å². The fraction of sp³-hybridized carbons (Fsp3) is 0.267. The van der Waals surface area contributed by atoms with Crippen molar-refractivity contribution in [2.24, 2.45) is 0 Å². The Morgan fingerprint density at radius 1 is 1.25 bits per heavy atom. The summed E-state index contributed by atoms with van der Waals surface area (Å²) >= 11 is 12.1. The normalized spacial score (nSPS) is 12.2. The first-order chi connectivity index (χ1) is 9.51. The van der Waals surface area contributed by atoms with Gasteiger partial charge in [-0.05, 0) is 37.6 Å². The van der Waals surface area contributed by atoms with Gasteiger partial charge < -0.3 is 9.88 Å². The third kappa shape index (κ3) is 3.35. The number of rotatable bonds is 4. The van der Waals surface area contributed by atoms with Crippen LogP contribution in [0.1, 0.15) is 25.5 Å². The number of nitrogens with one attached hydrogen (secondary N) is 1. The van der Waals surface area contributed by atoms with Gasteiger partial charge in [-0.3, -0.25) is 4.79 Å². The van der Waals surface area contributed by atoms with Crippen LogP contribution in [0.2, 0.25) is 10.0 Å². The Balaban J connectivity index is 2.23. The lowest BCUT2D eigenvalue weighted by molar-refractivity contribution is 0.725. The zero-order valence-electron chi connectivity index (χ0n) is 11.4. The highest BCUT2D eigenvalue weighted by Gasteiger charge is 2.10. The number of hydrogen-bond acceptors (Lipinski definition) is 2. The zero-order chi connectivity index (χ0) is 14.7. The van der Waals surface area contributed by atoms with Crippen molar-refractivity contribution in [2.75, 3.05) is 5.32 Å². The number of halogens is 2. The van der Waals surface area contributed by atoms with Crippen molar-refractivity contribution in [2.45, 2.75) is 26.4 Å². The van der Waals surface area contributed by atoms with Gasteiger partial charge in [-0.1, -0.05) is 29.3 Å². The standard InChI is InChI=1S/C15H16Cl2N2O/c1-3-19-9-12(5-7-15(19)20)18-10(2)13-6-4-11(16)8-14(13)17/h4-10,18H,3H2,1-2H3. The number of aryl methyl sites for hydroxylation is 1. The van der Waals surface area contributed by atoms with Gasteiger partial charge in [0, 0.05) is 28.9 Å². The van der Waals surface area contributed by atoms with Gasteiger partial charge in [-0.2, -0.15) is 0 Å². The molecule has 1 aromatic heterocycles. The topological polar surface area (TPSA) is 34.0 Å². The summed E-state index contributed by atoms with van der Waals surface area (Å²) in [6.45, 7) is 4.59. The maximum absolute atomic E-state index is 11.5. The molecule has 0 aliphatic heterocycles. The Labute approximate surface area is 128 Å². The molecule has 0 saturated heterocycles. The first-order valence-electron chi connectivity index (χ1n) is 6.43. The van der Waals surface area contributed by atoms with Gasteiger partial charge in [0.2, 0.25) is 0 Å². The molecule has 2 rings (SSSR count). The largest absolute Gasteiger partial charge is 0.377 e. The van der Waals surface area contributed by atoms with Crippen LogP contribution in [0.4, 0.5) is 5.69 Å². The highest BCUT2D eigenvalue weighted by atomic mass is 35.5. The minimum atomic E-state index is -0.00442. The molecule has 0 aliphatic rings. The Bertz CT molecular complexity index is 667. The second-order valence-corrected chi connectivity index (χ2v) is 5.42. The lowest BCUT2D eigenvalue weighted by Gasteiger charge is -2.18. The molecule has 0 radical (unpaired) electrons. The molecule has 0 saturated carbocycles. The second-order valence-electron chi connectivity index (χ2n) is 4.57. The molecule has 0 fully saturated rings. The van der Waals surface area contributed by atoms with Gasteiger partial charge in [-0.25, -0.2) is 0 Å². The van der Waals surface area contributed by atoms with Crippen molar-refractivity contribution >= 4 is 28.9 Å². The van der Waals surface area contributed by atoms with Crippen LogP contribution < -0.4 is 10.9 Å². The van der Waals surface area contributed by atoms with Crippen LogP contribution in [0, 0.1) is 0 Å². The molecule has 0 aliphatic carbocycles. The number of anilines is 1. The van der Waals surface area contributed by atoms with E-state index >= 15 is 0 Å². The number of aromatic nitrogens is 1. The van der Waals surface area contributed by atoms with Crippen LogP contribution in [-0.4, -0.2) is 4.57 Å². The molecule has 1 atom stereocenters. The molecular formula is C15H16Cl2N2O. The molecular weight excluding hydrogens is 295 g/mol. The molecule has 5 heteroatoms. The average Bonchev–Trinajstić information content (AvgIpc) is 2.40. The lowest BCUT2D eigenvalue weighted by atomic mass is 10.1. The van der Waals surface area contributed by atoms with Crippen molar-refractivity contribution in [3.8, 4) is 0 Å². The van der Waals surface area contributed by atoms with Gasteiger partial charge in [0.15, 0.2) is 0 Å². The highest BCUT2D eigenvalue weighted by molar-refractivity contribution is 6.35. The van der Waals surface area contributed by atoms with Gasteiger partial charge in [0.25, 0.3) is 5.56 Å². The van der Waals surface area contributed by atoms with Crippen molar-refractivity contribution in [1.82, 2.24) is 4.57 Å². The molecule has 0 bridgehead atoms. The lowest BCUT2D eigenvalue weighted by Crippen LogP contribution is -2.18. The van der Waals surface area contributed by atoms with Gasteiger partial charge in [0.05, 0.1) is 11.7 Å². The van der Waals surface area contributed by atoms with E-state index in [1.165, 1.54) is 0 Å². The van der Waals surface area contributed by atoms with Crippen LogP contribution in [-0.2, 0) is 6.54 Å². The fourth-order valence-corrected chi connectivity index (χ4v) is 2.62. The van der Waals surface area contributed by atoms with E-state index in [2.05, 4.69) is 5.32 Å². The summed E-state index contributed by atoms with van der Waals surface area (Å²) < 4.78 is 1.65. The SMILES string of the molecule is CCn1cc(NC(C)c2ccc(Cl)cc2Cl)ccc1=O. The summed E-state index contributed by atoms with van der Waals surface area (Å²) in [7, 11) is 0. The highest BCUT2D eigenvalue weighted by Crippen LogP contribution is 2.28. The van der Waals surface area contributed by atoms with E-state index in [1.807, 2.05) is 32.2 Å². The van der Waals surface area contributed by atoms with E-state index in [1.54, 1.807) is 22.8 Å². The zero-order valence-corrected chi connectivity index (χ0v) is 12.9. The number of hydrogen-bond donors (Lipinski definition) is 1. The predicted octanol–water partition coefficient (Wildman–Crippen LogP) is 4.35. The predicted molar refractivity (Wildman–Crippen MR) is 84.9 cm³/mol. The summed E-state index contributed by atoms with van der Waals surface area (Å²) in [6.07, 6.45) is 1.81. The minimum absolute atomic E-state index is 0.00442. The summed E-state index contributed by atoms with van der Waals surface area (Å²) in [5.41, 5.74) is 1.84. The average molecular weight is 311 g/mol. The minimum Gasteiger partial charge on any atom is -0.377 e. The first kappa shape index (κ1) is 14.9. The van der Waals surface area contributed by atoms with Crippen molar-refractivity contribution < 1.29 is 0 Å². The van der Waals surface area contributed by atoms with Gasteiger partial charge in [0.1, 0.15) is 0 Å². The number of benzene rings is 1. The van der Waals surface area contributed by atoms with E-state index in [0.29, 0.717) is 16.6 Å². The molecule has 20 heavy (non-hydrogen) atoms. The van der Waals surface area contributed by atoms with E-state index in [0.717, 1.165) is 11.3 Å². The molecule has 1 unspecified atom stereocenters. The van der Waals surface area contributed by atoms with Crippen LogP contribution in [0.15, 0.2) is 41.3 Å². The summed E-state index contributed by atoms with van der Waals surface area (Å²) in [5, 5.41) is 4.58. The monoisotopic (exact) mass is 310 g/mol. The van der Waals surface area contributed by atoms with Gasteiger partial charge in [-0.15, -0.1) is 0 Å². The molecule has 1 heterocycles. The van der Waals surface area contributed by atoms with Crippen LogP contribution in [0.3, 0.4) is 0 Å². The van der Waals surface area contributed by atoms with E-state index in [4.69, 9.17) is 23.2 Å². The van der Waals surface area contributed by atoms with E-state index < -0.39 is 0 Å². The number of pyridine rings is 1. The Kier molecular flexibility index (Phi) is 4.73. The smallest absolute Gasteiger partial charge is 0.250 e. The third-order valence-corrected chi connectivity index (χ3v) is 3.70. The second kappa shape index (κ2) is 6.33. The first-order valence-corrected chi connectivity index (χ1v) is 7.19. The molecule has 1 aromatic carbocycles. The van der Waals surface area contributed by atoms with E-state index in [-0.39, 0.29) is 11.6 Å². The van der Waals surface area contributed by atoms with E-state index in [9.17, 15) is 4.79 Å². The maximum atomic E-state index is 11.5.